The van der Waals surface area contributed by atoms with Crippen LogP contribution in [0.5, 0.6) is 0 Å². The summed E-state index contributed by atoms with van der Waals surface area (Å²) in [6.07, 6.45) is -0.491. The van der Waals surface area contributed by atoms with Gasteiger partial charge in [0.15, 0.2) is 0 Å². The molecule has 0 amide bonds. The Balaban J connectivity index is 1.88. The van der Waals surface area contributed by atoms with E-state index in [4.69, 9.17) is 0 Å². The van der Waals surface area contributed by atoms with Gasteiger partial charge >= 0.3 is 6.18 Å². The average molecular weight is 313 g/mol. The number of aryl methyl sites for hydroxylation is 1. The Morgan fingerprint density at radius 3 is 2.50 bits per heavy atom. The molecule has 22 heavy (non-hydrogen) atoms. The van der Waals surface area contributed by atoms with Crippen molar-refractivity contribution >= 4 is 0 Å². The Kier molecular flexibility index (Phi) is 3.98. The largest absolute Gasteiger partial charge is 0.416 e. The van der Waals surface area contributed by atoms with E-state index >= 15 is 0 Å². The summed E-state index contributed by atoms with van der Waals surface area (Å²) in [5.41, 5.74) is 1.29. The molecule has 1 heterocycles. The van der Waals surface area contributed by atoms with E-state index in [1.807, 2.05) is 4.90 Å². The fourth-order valence-corrected chi connectivity index (χ4v) is 3.61. The van der Waals surface area contributed by atoms with Crippen LogP contribution in [-0.4, -0.2) is 28.7 Å². The van der Waals surface area contributed by atoms with Gasteiger partial charge in [-0.2, -0.15) is 13.2 Å². The molecular weight excluding hydrogens is 291 g/mol. The zero-order valence-electron chi connectivity index (χ0n) is 12.8. The van der Waals surface area contributed by atoms with E-state index in [0.717, 1.165) is 30.4 Å². The third kappa shape index (κ3) is 3.15. The van der Waals surface area contributed by atoms with Crippen LogP contribution in [0.4, 0.5) is 13.2 Å². The molecule has 0 bridgehead atoms. The van der Waals surface area contributed by atoms with Crippen molar-refractivity contribution in [3.63, 3.8) is 0 Å². The fraction of sp³-hybridized carbons (Fsp3) is 0.647. The number of hydrogen-bond acceptors (Lipinski definition) is 2. The van der Waals surface area contributed by atoms with Gasteiger partial charge in [-0.25, -0.2) is 0 Å². The zero-order valence-corrected chi connectivity index (χ0v) is 12.8. The predicted molar refractivity (Wildman–Crippen MR) is 78.6 cm³/mol. The van der Waals surface area contributed by atoms with E-state index in [0.29, 0.717) is 38.0 Å². The number of nitrogens with zero attached hydrogens (tertiary/aromatic N) is 1. The maximum absolute atomic E-state index is 13.3. The van der Waals surface area contributed by atoms with Crippen LogP contribution in [-0.2, 0) is 25.6 Å². The first-order valence-corrected chi connectivity index (χ1v) is 7.92. The topological polar surface area (TPSA) is 23.5 Å². The van der Waals surface area contributed by atoms with Crippen LogP contribution in [0.3, 0.4) is 0 Å². The maximum Gasteiger partial charge on any atom is 0.416 e. The molecule has 1 fully saturated rings. The zero-order chi connectivity index (χ0) is 16.0. The Hall–Kier alpha value is -1.07. The number of likely N-dealkylation sites (tertiary alicyclic amines) is 1. The summed E-state index contributed by atoms with van der Waals surface area (Å²) in [6, 6.07) is 2.90. The van der Waals surface area contributed by atoms with Gasteiger partial charge < -0.3 is 5.11 Å². The van der Waals surface area contributed by atoms with Gasteiger partial charge in [0.25, 0.3) is 0 Å². The quantitative estimate of drug-likeness (QED) is 0.903. The molecule has 0 atom stereocenters. The molecular formula is C17H22F3NO. The molecule has 2 nitrogen and oxygen atoms in total. The first-order valence-electron chi connectivity index (χ1n) is 7.92. The highest BCUT2D eigenvalue weighted by Gasteiger charge is 2.36. The molecule has 1 aliphatic carbocycles. The van der Waals surface area contributed by atoms with Crippen LogP contribution in [0.25, 0.3) is 0 Å². The van der Waals surface area contributed by atoms with Crippen LogP contribution in [0, 0.1) is 0 Å². The van der Waals surface area contributed by atoms with Crippen molar-refractivity contribution in [2.45, 2.75) is 57.3 Å². The molecule has 5 heteroatoms. The molecule has 122 valence electrons. The second-order valence-corrected chi connectivity index (χ2v) is 6.85. The molecule has 1 aliphatic heterocycles. The van der Waals surface area contributed by atoms with Crippen molar-refractivity contribution in [2.24, 2.45) is 0 Å². The fourth-order valence-electron chi connectivity index (χ4n) is 3.61. The van der Waals surface area contributed by atoms with Crippen molar-refractivity contribution in [1.29, 1.82) is 0 Å². The number of fused-ring (bicyclic) bond motifs is 1. The monoisotopic (exact) mass is 313 g/mol. The van der Waals surface area contributed by atoms with E-state index in [1.165, 1.54) is 6.07 Å². The van der Waals surface area contributed by atoms with Gasteiger partial charge in [-0.3, -0.25) is 4.90 Å². The molecule has 1 saturated heterocycles. The lowest BCUT2D eigenvalue weighted by molar-refractivity contribution is -0.138. The van der Waals surface area contributed by atoms with E-state index < -0.39 is 17.3 Å². The van der Waals surface area contributed by atoms with Crippen LogP contribution in [0.15, 0.2) is 12.1 Å². The molecule has 0 spiro atoms. The molecule has 1 aromatic carbocycles. The van der Waals surface area contributed by atoms with Crippen LogP contribution < -0.4 is 0 Å². The summed E-state index contributed by atoms with van der Waals surface area (Å²) in [7, 11) is 0. The number of hydrogen-bond donors (Lipinski definition) is 1. The highest BCUT2D eigenvalue weighted by atomic mass is 19.4. The van der Waals surface area contributed by atoms with Crippen molar-refractivity contribution in [3.8, 4) is 0 Å². The molecule has 1 aromatic rings. The Morgan fingerprint density at radius 2 is 1.86 bits per heavy atom. The molecule has 1 N–H and O–H groups in total. The molecule has 0 unspecified atom stereocenters. The van der Waals surface area contributed by atoms with Crippen molar-refractivity contribution in [1.82, 2.24) is 4.90 Å². The highest BCUT2D eigenvalue weighted by molar-refractivity contribution is 5.45. The average Bonchev–Trinajstić information content (AvgIpc) is 2.88. The Labute approximate surface area is 128 Å². The first kappa shape index (κ1) is 15.8. The smallest absolute Gasteiger partial charge is 0.390 e. The minimum atomic E-state index is -4.30. The summed E-state index contributed by atoms with van der Waals surface area (Å²) in [5, 5.41) is 9.99. The van der Waals surface area contributed by atoms with E-state index in [9.17, 15) is 18.3 Å². The summed E-state index contributed by atoms with van der Waals surface area (Å²) in [6.45, 7) is 3.43. The molecule has 0 aromatic heterocycles. The lowest BCUT2D eigenvalue weighted by Crippen LogP contribution is -2.42. The summed E-state index contributed by atoms with van der Waals surface area (Å²) < 4.78 is 40.0. The van der Waals surface area contributed by atoms with Crippen LogP contribution in [0.2, 0.25) is 0 Å². The predicted octanol–water partition coefficient (Wildman–Crippen LogP) is 3.54. The minimum Gasteiger partial charge on any atom is -0.390 e. The van der Waals surface area contributed by atoms with Crippen molar-refractivity contribution in [2.75, 3.05) is 13.1 Å². The van der Waals surface area contributed by atoms with Gasteiger partial charge in [0.1, 0.15) is 0 Å². The minimum absolute atomic E-state index is 0.341. The number of aliphatic hydroxyl groups is 1. The SMILES string of the molecule is CC1(O)CCN(Cc2c(C(F)(F)F)ccc3c2CCC3)CC1. The third-order valence-corrected chi connectivity index (χ3v) is 5.02. The molecule has 0 saturated carbocycles. The van der Waals surface area contributed by atoms with E-state index in [2.05, 4.69) is 0 Å². The summed E-state index contributed by atoms with van der Waals surface area (Å²) in [4.78, 5) is 2.04. The lowest BCUT2D eigenvalue weighted by Gasteiger charge is -2.36. The third-order valence-electron chi connectivity index (χ3n) is 5.02. The number of halogens is 3. The Bertz CT molecular complexity index is 556. The van der Waals surface area contributed by atoms with E-state index in [-0.39, 0.29) is 0 Å². The van der Waals surface area contributed by atoms with Gasteiger partial charge in [-0.15, -0.1) is 0 Å². The first-order chi connectivity index (χ1) is 10.3. The van der Waals surface area contributed by atoms with Gasteiger partial charge in [-0.05, 0) is 61.8 Å². The summed E-state index contributed by atoms with van der Waals surface area (Å²) >= 11 is 0. The number of benzene rings is 1. The van der Waals surface area contributed by atoms with E-state index in [1.54, 1.807) is 13.0 Å². The van der Waals surface area contributed by atoms with Gasteiger partial charge in [0.05, 0.1) is 11.2 Å². The second kappa shape index (κ2) is 5.53. The normalized spacial score (nSPS) is 21.9. The highest BCUT2D eigenvalue weighted by Crippen LogP contribution is 2.38. The van der Waals surface area contributed by atoms with Crippen LogP contribution in [0.1, 0.15) is 48.4 Å². The van der Waals surface area contributed by atoms with Gasteiger partial charge in [0.2, 0.25) is 0 Å². The molecule has 0 radical (unpaired) electrons. The lowest BCUT2D eigenvalue weighted by atomic mass is 9.92. The van der Waals surface area contributed by atoms with Crippen LogP contribution >= 0.6 is 0 Å². The molecule has 3 rings (SSSR count). The number of alkyl halides is 3. The summed E-state index contributed by atoms with van der Waals surface area (Å²) in [5.74, 6) is 0. The van der Waals surface area contributed by atoms with Crippen molar-refractivity contribution < 1.29 is 18.3 Å². The maximum atomic E-state index is 13.3. The number of piperidine rings is 1. The standard InChI is InChI=1S/C17H22F3NO/c1-16(22)7-9-21(10-8-16)11-14-13-4-2-3-12(13)5-6-15(14)17(18,19)20/h5-6,22H,2-4,7-11H2,1H3. The second-order valence-electron chi connectivity index (χ2n) is 6.85. The Morgan fingerprint density at radius 1 is 1.18 bits per heavy atom. The molecule has 2 aliphatic rings. The van der Waals surface area contributed by atoms with Gasteiger partial charge in [0, 0.05) is 19.6 Å². The van der Waals surface area contributed by atoms with Crippen molar-refractivity contribution in [3.05, 3.63) is 34.4 Å². The number of rotatable bonds is 2. The van der Waals surface area contributed by atoms with Gasteiger partial charge in [-0.1, -0.05) is 6.07 Å².